The van der Waals surface area contributed by atoms with Crippen LogP contribution in [0, 0.1) is 6.92 Å². The van der Waals surface area contributed by atoms with Crippen molar-refractivity contribution < 1.29 is 22.4 Å². The number of oxazole rings is 1. The van der Waals surface area contributed by atoms with Gasteiger partial charge in [0.25, 0.3) is 0 Å². The number of nitrogens with zero attached hydrogens (tertiary/aromatic N) is 2. The van der Waals surface area contributed by atoms with Gasteiger partial charge in [0.1, 0.15) is 25.1 Å². The number of sulfonamides is 1. The maximum Gasteiger partial charge on any atom is 0.327 e. The zero-order valence-corrected chi connectivity index (χ0v) is 16.3. The SMILES string of the molecule is Cc1ccccc1N(CC(=O)OCc1coc(-c2ccccc2)n1)S(C)(=O)=O. The Morgan fingerprint density at radius 2 is 1.79 bits per heavy atom. The molecule has 0 aliphatic carbocycles. The Balaban J connectivity index is 1.66. The van der Waals surface area contributed by atoms with Crippen molar-refractivity contribution in [2.45, 2.75) is 13.5 Å². The van der Waals surface area contributed by atoms with E-state index in [-0.39, 0.29) is 6.61 Å². The highest BCUT2D eigenvalue weighted by atomic mass is 32.2. The number of rotatable bonds is 7. The molecule has 0 saturated heterocycles. The van der Waals surface area contributed by atoms with Crippen LogP contribution < -0.4 is 4.31 Å². The number of carbonyl (C=O) groups excluding carboxylic acids is 1. The summed E-state index contributed by atoms with van der Waals surface area (Å²) in [7, 11) is -3.65. The standard InChI is InChI=1S/C20H20N2O5S/c1-15-8-6-7-11-18(15)22(28(2,24)25)12-19(23)26-13-17-14-27-20(21-17)16-9-4-3-5-10-16/h3-11,14H,12-13H2,1-2H3. The number of para-hydroxylation sites is 1. The fraction of sp³-hybridized carbons (Fsp3) is 0.200. The van der Waals surface area contributed by atoms with Crippen LogP contribution in [0.2, 0.25) is 0 Å². The van der Waals surface area contributed by atoms with E-state index < -0.39 is 22.5 Å². The van der Waals surface area contributed by atoms with Gasteiger partial charge < -0.3 is 9.15 Å². The van der Waals surface area contributed by atoms with Crippen LogP contribution >= 0.6 is 0 Å². The van der Waals surface area contributed by atoms with Gasteiger partial charge in [-0.15, -0.1) is 0 Å². The van der Waals surface area contributed by atoms with Crippen LogP contribution in [0.5, 0.6) is 0 Å². The van der Waals surface area contributed by atoms with E-state index >= 15 is 0 Å². The van der Waals surface area contributed by atoms with E-state index in [4.69, 9.17) is 9.15 Å². The van der Waals surface area contributed by atoms with Gasteiger partial charge in [0, 0.05) is 5.56 Å². The molecule has 146 valence electrons. The number of aromatic nitrogens is 1. The summed E-state index contributed by atoms with van der Waals surface area (Å²) in [6.07, 6.45) is 2.46. The van der Waals surface area contributed by atoms with Crippen LogP contribution in [0.25, 0.3) is 11.5 Å². The van der Waals surface area contributed by atoms with Gasteiger partial charge in [-0.25, -0.2) is 13.4 Å². The molecule has 0 saturated carbocycles. The zero-order valence-electron chi connectivity index (χ0n) is 15.5. The number of ether oxygens (including phenoxy) is 1. The summed E-state index contributed by atoms with van der Waals surface area (Å²) in [5.41, 5.74) is 2.43. The molecule has 3 aromatic rings. The Hall–Kier alpha value is -3.13. The van der Waals surface area contributed by atoms with Crippen LogP contribution in [0.15, 0.2) is 65.3 Å². The topological polar surface area (TPSA) is 89.7 Å². The summed E-state index contributed by atoms with van der Waals surface area (Å²) in [6.45, 7) is 1.24. The molecule has 0 spiro atoms. The monoisotopic (exact) mass is 400 g/mol. The molecule has 7 nitrogen and oxygen atoms in total. The lowest BCUT2D eigenvalue weighted by atomic mass is 10.2. The predicted molar refractivity (Wildman–Crippen MR) is 105 cm³/mol. The highest BCUT2D eigenvalue weighted by Crippen LogP contribution is 2.22. The quantitative estimate of drug-likeness (QED) is 0.566. The van der Waals surface area contributed by atoms with Crippen molar-refractivity contribution in [3.05, 3.63) is 72.1 Å². The number of benzene rings is 2. The summed E-state index contributed by atoms with van der Waals surface area (Å²) < 4.78 is 35.9. The molecule has 2 aromatic carbocycles. The summed E-state index contributed by atoms with van der Waals surface area (Å²) in [6, 6.07) is 16.3. The Morgan fingerprint density at radius 1 is 1.11 bits per heavy atom. The van der Waals surface area contributed by atoms with Crippen molar-refractivity contribution >= 4 is 21.7 Å². The maximum absolute atomic E-state index is 12.2. The first kappa shape index (κ1) is 19.6. The minimum absolute atomic E-state index is 0.111. The molecule has 0 radical (unpaired) electrons. The minimum Gasteiger partial charge on any atom is -0.458 e. The number of hydrogen-bond donors (Lipinski definition) is 0. The van der Waals surface area contributed by atoms with E-state index in [0.29, 0.717) is 17.3 Å². The van der Waals surface area contributed by atoms with E-state index in [2.05, 4.69) is 4.98 Å². The van der Waals surface area contributed by atoms with Crippen LogP contribution in [-0.2, 0) is 26.2 Å². The Kier molecular flexibility index (Phi) is 5.79. The molecule has 8 heteroatoms. The molecule has 0 bridgehead atoms. The molecule has 0 atom stereocenters. The Labute approximate surface area is 163 Å². The van der Waals surface area contributed by atoms with Crippen LogP contribution in [0.4, 0.5) is 5.69 Å². The second-order valence-electron chi connectivity index (χ2n) is 6.23. The van der Waals surface area contributed by atoms with Gasteiger partial charge in [-0.05, 0) is 30.7 Å². The lowest BCUT2D eigenvalue weighted by molar-refractivity contribution is -0.143. The van der Waals surface area contributed by atoms with Gasteiger partial charge in [-0.3, -0.25) is 9.10 Å². The van der Waals surface area contributed by atoms with Crippen LogP contribution in [0.1, 0.15) is 11.3 Å². The van der Waals surface area contributed by atoms with Crippen molar-refractivity contribution in [3.63, 3.8) is 0 Å². The maximum atomic E-state index is 12.2. The van der Waals surface area contributed by atoms with Gasteiger partial charge in [-0.1, -0.05) is 36.4 Å². The van der Waals surface area contributed by atoms with Gasteiger partial charge in [0.15, 0.2) is 0 Å². The van der Waals surface area contributed by atoms with Crippen molar-refractivity contribution in [3.8, 4) is 11.5 Å². The fourth-order valence-corrected chi connectivity index (χ4v) is 3.53. The molecule has 1 aromatic heterocycles. The molecule has 0 unspecified atom stereocenters. The minimum atomic E-state index is -3.65. The highest BCUT2D eigenvalue weighted by molar-refractivity contribution is 7.92. The van der Waals surface area contributed by atoms with Gasteiger partial charge >= 0.3 is 5.97 Å². The summed E-state index contributed by atoms with van der Waals surface area (Å²) in [4.78, 5) is 16.5. The first-order valence-electron chi connectivity index (χ1n) is 8.53. The van der Waals surface area contributed by atoms with E-state index in [9.17, 15) is 13.2 Å². The fourth-order valence-electron chi connectivity index (χ4n) is 2.63. The van der Waals surface area contributed by atoms with Crippen molar-refractivity contribution in [1.82, 2.24) is 4.98 Å². The lowest BCUT2D eigenvalue weighted by Gasteiger charge is -2.23. The highest BCUT2D eigenvalue weighted by Gasteiger charge is 2.23. The second-order valence-corrected chi connectivity index (χ2v) is 8.13. The molecule has 28 heavy (non-hydrogen) atoms. The van der Waals surface area contributed by atoms with Gasteiger partial charge in [-0.2, -0.15) is 0 Å². The third-order valence-corrected chi connectivity index (χ3v) is 5.14. The molecule has 0 aliphatic heterocycles. The normalized spacial score (nSPS) is 11.2. The molecular weight excluding hydrogens is 380 g/mol. The molecule has 1 heterocycles. The van der Waals surface area contributed by atoms with E-state index in [0.717, 1.165) is 21.7 Å². The number of anilines is 1. The van der Waals surface area contributed by atoms with Crippen molar-refractivity contribution in [2.24, 2.45) is 0 Å². The Bertz CT molecular complexity index is 1060. The van der Waals surface area contributed by atoms with Gasteiger partial charge in [0.2, 0.25) is 15.9 Å². The molecule has 0 fully saturated rings. The number of carbonyl (C=O) groups is 1. The van der Waals surface area contributed by atoms with Crippen LogP contribution in [0.3, 0.4) is 0 Å². The summed E-state index contributed by atoms with van der Waals surface area (Å²) in [5.74, 6) is -0.262. The van der Waals surface area contributed by atoms with E-state index in [1.165, 1.54) is 6.26 Å². The first-order chi connectivity index (χ1) is 13.3. The molecule has 3 rings (SSSR count). The average molecular weight is 400 g/mol. The summed E-state index contributed by atoms with van der Waals surface area (Å²) >= 11 is 0. The van der Waals surface area contributed by atoms with Crippen molar-refractivity contribution in [2.75, 3.05) is 17.1 Å². The Morgan fingerprint density at radius 3 is 2.46 bits per heavy atom. The largest absolute Gasteiger partial charge is 0.458 e. The third-order valence-electron chi connectivity index (χ3n) is 4.01. The van der Waals surface area contributed by atoms with E-state index in [1.807, 2.05) is 30.3 Å². The second kappa shape index (κ2) is 8.26. The third kappa shape index (κ3) is 4.77. The zero-order chi connectivity index (χ0) is 20.1. The summed E-state index contributed by atoms with van der Waals surface area (Å²) in [5, 5.41) is 0. The number of hydrogen-bond acceptors (Lipinski definition) is 6. The predicted octanol–water partition coefficient (Wildman–Crippen LogP) is 3.16. The molecule has 0 amide bonds. The average Bonchev–Trinajstić information content (AvgIpc) is 3.14. The molecule has 0 aliphatic rings. The lowest BCUT2D eigenvalue weighted by Crippen LogP contribution is -2.36. The van der Waals surface area contributed by atoms with E-state index in [1.54, 1.807) is 31.2 Å². The number of esters is 1. The number of aryl methyl sites for hydroxylation is 1. The van der Waals surface area contributed by atoms with Crippen molar-refractivity contribution in [1.29, 1.82) is 0 Å². The molecule has 0 N–H and O–H groups in total. The first-order valence-corrected chi connectivity index (χ1v) is 10.4. The van der Waals surface area contributed by atoms with Gasteiger partial charge in [0.05, 0.1) is 11.9 Å². The smallest absolute Gasteiger partial charge is 0.327 e. The molecular formula is C20H20N2O5S. The van der Waals surface area contributed by atoms with Crippen LogP contribution in [-0.4, -0.2) is 32.2 Å².